The molecule has 0 bridgehead atoms. The molecule has 3 aromatic rings. The maximum absolute atomic E-state index is 12.5. The zero-order valence-corrected chi connectivity index (χ0v) is 21.9. The zero-order chi connectivity index (χ0) is 24.3. The highest BCUT2D eigenvalue weighted by Gasteiger charge is 2.22. The maximum atomic E-state index is 12.5. The molecule has 1 aliphatic heterocycles. The van der Waals surface area contributed by atoms with E-state index in [-0.39, 0.29) is 12.3 Å². The van der Waals surface area contributed by atoms with Crippen molar-refractivity contribution >= 4 is 34.1 Å². The van der Waals surface area contributed by atoms with Crippen LogP contribution < -0.4 is 4.90 Å². The van der Waals surface area contributed by atoms with Gasteiger partial charge >= 0.3 is 0 Å². The van der Waals surface area contributed by atoms with Crippen molar-refractivity contribution in [2.75, 3.05) is 37.6 Å². The predicted molar refractivity (Wildman–Crippen MR) is 142 cm³/mol. The van der Waals surface area contributed by atoms with Gasteiger partial charge in [0.1, 0.15) is 6.33 Å². The summed E-state index contributed by atoms with van der Waals surface area (Å²) in [6.07, 6.45) is 18.7. The van der Waals surface area contributed by atoms with Gasteiger partial charge in [0.25, 0.3) is 0 Å². The van der Waals surface area contributed by atoms with E-state index in [2.05, 4.69) is 36.7 Å². The van der Waals surface area contributed by atoms with E-state index in [4.69, 9.17) is 0 Å². The number of aromatic nitrogens is 5. The van der Waals surface area contributed by atoms with E-state index in [1.165, 1.54) is 82.1 Å². The second-order valence-electron chi connectivity index (χ2n) is 9.51. The smallest absolute Gasteiger partial charge is 0.211 e. The number of imidazole rings is 1. The van der Waals surface area contributed by atoms with Crippen molar-refractivity contribution in [3.05, 3.63) is 29.2 Å². The molecule has 0 amide bonds. The molecule has 1 aliphatic rings. The van der Waals surface area contributed by atoms with E-state index in [9.17, 15) is 4.79 Å². The molecule has 190 valence electrons. The third kappa shape index (κ3) is 7.30. The van der Waals surface area contributed by atoms with Crippen LogP contribution in [0, 0.1) is 0 Å². The molecular weight excluding hydrogens is 458 g/mol. The number of carbonyl (C=O) groups excluding carboxylic acids is 1. The van der Waals surface area contributed by atoms with Crippen LogP contribution in [0.3, 0.4) is 0 Å². The highest BCUT2D eigenvalue weighted by Crippen LogP contribution is 2.23. The van der Waals surface area contributed by atoms with Crippen molar-refractivity contribution in [3.8, 4) is 0 Å². The number of Topliss-reactive ketones (excluding diaryl/α,β-unsaturated/α-hetero) is 1. The number of nitrogens with zero attached hydrogens (tertiary/aromatic N) is 7. The number of hydrogen-bond donors (Lipinski definition) is 0. The minimum absolute atomic E-state index is 0.0277. The molecule has 4 rings (SSSR count). The van der Waals surface area contributed by atoms with E-state index in [0.29, 0.717) is 10.7 Å². The summed E-state index contributed by atoms with van der Waals surface area (Å²) in [5.41, 5.74) is 1.47. The lowest BCUT2D eigenvalue weighted by molar-refractivity contribution is 0.0973. The van der Waals surface area contributed by atoms with Gasteiger partial charge < -0.3 is 9.47 Å². The summed E-state index contributed by atoms with van der Waals surface area (Å²) in [5, 5.41) is 2.33. The zero-order valence-electron chi connectivity index (χ0n) is 21.1. The third-order valence-corrected chi connectivity index (χ3v) is 7.68. The second-order valence-corrected chi connectivity index (χ2v) is 10.4. The summed E-state index contributed by atoms with van der Waals surface area (Å²) in [6.45, 7) is 7.63. The minimum Gasteiger partial charge on any atom is -0.352 e. The summed E-state index contributed by atoms with van der Waals surface area (Å²) >= 11 is 1.36. The highest BCUT2D eigenvalue weighted by atomic mass is 32.1. The van der Waals surface area contributed by atoms with Crippen LogP contribution in [0.25, 0.3) is 11.2 Å². The van der Waals surface area contributed by atoms with E-state index in [1.807, 2.05) is 5.38 Å². The fourth-order valence-corrected chi connectivity index (χ4v) is 5.37. The monoisotopic (exact) mass is 497 g/mol. The average Bonchev–Trinajstić information content (AvgIpc) is 3.56. The predicted octanol–water partition coefficient (Wildman–Crippen LogP) is 5.21. The molecule has 0 spiro atoms. The molecule has 9 heteroatoms. The summed E-state index contributed by atoms with van der Waals surface area (Å²) in [6, 6.07) is 0. The fourth-order valence-electron chi connectivity index (χ4n) is 4.81. The Kier molecular flexibility index (Phi) is 10.0. The van der Waals surface area contributed by atoms with Gasteiger partial charge in [-0.3, -0.25) is 9.69 Å². The van der Waals surface area contributed by atoms with Crippen molar-refractivity contribution in [2.45, 2.75) is 77.7 Å². The van der Waals surface area contributed by atoms with E-state index < -0.39 is 0 Å². The van der Waals surface area contributed by atoms with Gasteiger partial charge in [-0.2, -0.15) is 0 Å². The van der Waals surface area contributed by atoms with Gasteiger partial charge in [-0.05, 0) is 13.0 Å². The van der Waals surface area contributed by atoms with Crippen LogP contribution in [0.4, 0.5) is 5.82 Å². The third-order valence-electron chi connectivity index (χ3n) is 6.87. The first-order valence-corrected chi connectivity index (χ1v) is 14.2. The number of carbonyl (C=O) groups is 1. The van der Waals surface area contributed by atoms with Crippen LogP contribution in [0.2, 0.25) is 0 Å². The van der Waals surface area contributed by atoms with Gasteiger partial charge in [0.05, 0.1) is 12.9 Å². The molecule has 8 nitrogen and oxygen atoms in total. The van der Waals surface area contributed by atoms with Crippen molar-refractivity contribution in [1.82, 2.24) is 29.4 Å². The molecule has 4 heterocycles. The van der Waals surface area contributed by atoms with Crippen molar-refractivity contribution in [2.24, 2.45) is 0 Å². The first-order valence-electron chi connectivity index (χ1n) is 13.3. The van der Waals surface area contributed by atoms with Crippen molar-refractivity contribution in [3.63, 3.8) is 0 Å². The molecule has 3 aromatic heterocycles. The maximum Gasteiger partial charge on any atom is 0.211 e. The average molecular weight is 498 g/mol. The number of fused-ring (bicyclic) bond motifs is 1. The van der Waals surface area contributed by atoms with Gasteiger partial charge in [-0.15, -0.1) is 11.3 Å². The first kappa shape index (κ1) is 25.7. The number of unbranched alkanes of at least 4 members (excludes halogenated alkanes) is 9. The Morgan fingerprint density at radius 2 is 1.60 bits per heavy atom. The van der Waals surface area contributed by atoms with E-state index in [0.717, 1.165) is 37.5 Å². The van der Waals surface area contributed by atoms with E-state index >= 15 is 0 Å². The van der Waals surface area contributed by atoms with Gasteiger partial charge in [0.2, 0.25) is 5.78 Å². The lowest BCUT2D eigenvalue weighted by atomic mass is 10.1. The fraction of sp³-hybridized carbons (Fsp3) is 0.654. The largest absolute Gasteiger partial charge is 0.352 e. The standard InChI is InChI=1S/C26H39N7OS/c1-2-3-4-5-6-7-8-9-10-11-13-31-14-16-32(17-15-31)24-23-25(29-20-28-24)33(21-30-23)19-22(34)26-27-12-18-35-26/h12,18,20-21H,2-11,13-17,19H2,1H3. The molecule has 1 saturated heterocycles. The van der Waals surface area contributed by atoms with Gasteiger partial charge in [-0.1, -0.05) is 64.7 Å². The van der Waals surface area contributed by atoms with Crippen LogP contribution >= 0.6 is 11.3 Å². The number of piperazine rings is 1. The Morgan fingerprint density at radius 1 is 0.886 bits per heavy atom. The summed E-state index contributed by atoms with van der Waals surface area (Å²) < 4.78 is 1.80. The quantitative estimate of drug-likeness (QED) is 0.211. The molecular formula is C26H39N7OS. The molecule has 35 heavy (non-hydrogen) atoms. The van der Waals surface area contributed by atoms with Crippen LogP contribution in [0.1, 0.15) is 80.9 Å². The lowest BCUT2D eigenvalue weighted by Crippen LogP contribution is -2.47. The van der Waals surface area contributed by atoms with Gasteiger partial charge in [0.15, 0.2) is 22.0 Å². The minimum atomic E-state index is -0.0277. The molecule has 0 atom stereocenters. The summed E-state index contributed by atoms with van der Waals surface area (Å²) in [5.74, 6) is 0.842. The van der Waals surface area contributed by atoms with Crippen molar-refractivity contribution in [1.29, 1.82) is 0 Å². The number of anilines is 1. The molecule has 0 aromatic carbocycles. The summed E-state index contributed by atoms with van der Waals surface area (Å²) in [7, 11) is 0. The number of hydrogen-bond acceptors (Lipinski definition) is 8. The van der Waals surface area contributed by atoms with Gasteiger partial charge in [0, 0.05) is 37.8 Å². The van der Waals surface area contributed by atoms with Crippen LogP contribution in [-0.2, 0) is 6.54 Å². The Bertz CT molecular complexity index is 1030. The topological polar surface area (TPSA) is 80.0 Å². The first-order chi connectivity index (χ1) is 17.3. The SMILES string of the molecule is CCCCCCCCCCCCN1CCN(c2ncnc3c2ncn3CC(=O)c2nccs2)CC1. The highest BCUT2D eigenvalue weighted by molar-refractivity contribution is 7.11. The molecule has 0 aliphatic carbocycles. The van der Waals surface area contributed by atoms with Crippen LogP contribution in [-0.4, -0.2) is 67.9 Å². The Balaban J connectivity index is 1.19. The number of ketones is 1. The van der Waals surface area contributed by atoms with E-state index in [1.54, 1.807) is 23.4 Å². The Labute approximate surface area is 212 Å². The molecule has 0 N–H and O–H groups in total. The Hall–Kier alpha value is -2.39. The number of rotatable bonds is 15. The Morgan fingerprint density at radius 3 is 2.29 bits per heavy atom. The second kappa shape index (κ2) is 13.6. The summed E-state index contributed by atoms with van der Waals surface area (Å²) in [4.78, 5) is 35.0. The molecule has 1 fully saturated rings. The van der Waals surface area contributed by atoms with Crippen LogP contribution in [0.5, 0.6) is 0 Å². The molecule has 0 unspecified atom stereocenters. The molecule has 0 saturated carbocycles. The molecule has 0 radical (unpaired) electrons. The number of thiazole rings is 1. The van der Waals surface area contributed by atoms with Gasteiger partial charge in [-0.25, -0.2) is 19.9 Å². The lowest BCUT2D eigenvalue weighted by Gasteiger charge is -2.35. The van der Waals surface area contributed by atoms with Crippen molar-refractivity contribution < 1.29 is 4.79 Å². The normalized spacial score (nSPS) is 14.7. The van der Waals surface area contributed by atoms with Crippen LogP contribution in [0.15, 0.2) is 24.2 Å².